The Morgan fingerprint density at radius 1 is 1.24 bits per heavy atom. The van der Waals surface area contributed by atoms with Crippen molar-refractivity contribution in [2.75, 3.05) is 5.32 Å². The Hall–Kier alpha value is -2.12. The highest BCUT2D eigenvalue weighted by Crippen LogP contribution is 2.23. The number of pyridine rings is 2. The van der Waals surface area contributed by atoms with E-state index >= 15 is 0 Å². The van der Waals surface area contributed by atoms with Crippen molar-refractivity contribution in [2.24, 2.45) is 0 Å². The molecule has 0 bridgehead atoms. The van der Waals surface area contributed by atoms with Gasteiger partial charge in [-0.2, -0.15) is 0 Å². The second kappa shape index (κ2) is 6.11. The van der Waals surface area contributed by atoms with Crippen molar-refractivity contribution in [1.29, 1.82) is 0 Å². The van der Waals surface area contributed by atoms with E-state index in [1.54, 1.807) is 18.5 Å². The number of carbonyl (C=O) groups is 1. The second-order valence-corrected chi connectivity index (χ2v) is 5.87. The molecule has 0 aliphatic rings. The monoisotopic (exact) mass is 360 g/mol. The zero-order chi connectivity index (χ0) is 14.7. The molecule has 21 heavy (non-hydrogen) atoms. The first-order valence-corrected chi connectivity index (χ1v) is 7.68. The minimum absolute atomic E-state index is 0.245. The predicted molar refractivity (Wildman–Crippen MR) is 85.2 cm³/mol. The van der Waals surface area contributed by atoms with Crippen molar-refractivity contribution in [3.05, 3.63) is 58.3 Å². The zero-order valence-corrected chi connectivity index (χ0v) is 13.1. The number of amides is 1. The van der Waals surface area contributed by atoms with Crippen LogP contribution in [0.1, 0.15) is 10.4 Å². The quantitative estimate of drug-likeness (QED) is 0.774. The van der Waals surface area contributed by atoms with Gasteiger partial charge in [0.25, 0.3) is 5.91 Å². The van der Waals surface area contributed by atoms with Crippen LogP contribution in [0.25, 0.3) is 11.4 Å². The highest BCUT2D eigenvalue weighted by Gasteiger charge is 2.11. The van der Waals surface area contributed by atoms with E-state index in [4.69, 9.17) is 0 Å². The van der Waals surface area contributed by atoms with Gasteiger partial charge in [-0.05, 0) is 34.1 Å². The van der Waals surface area contributed by atoms with E-state index in [1.165, 1.54) is 17.5 Å². The molecule has 3 aromatic heterocycles. The highest BCUT2D eigenvalue weighted by atomic mass is 79.9. The largest absolute Gasteiger partial charge is 0.298 e. The number of anilines is 1. The van der Waals surface area contributed by atoms with Crippen molar-refractivity contribution >= 4 is 38.3 Å². The lowest BCUT2D eigenvalue weighted by Crippen LogP contribution is -2.11. The smallest absolute Gasteiger partial charge is 0.259 e. The van der Waals surface area contributed by atoms with E-state index < -0.39 is 0 Å². The Labute approximate surface area is 133 Å². The number of aromatic nitrogens is 3. The number of carbonyl (C=O) groups excluding carboxylic acids is 1. The summed E-state index contributed by atoms with van der Waals surface area (Å²) in [5, 5.41) is 5.14. The van der Waals surface area contributed by atoms with Crippen LogP contribution in [0.2, 0.25) is 0 Å². The summed E-state index contributed by atoms with van der Waals surface area (Å²) in [6.07, 6.45) is 4.84. The standard InChI is InChI=1S/C14H9BrN4OS/c15-10-5-9(6-16-7-10)13(20)19-14-18-12(8-21-14)11-3-1-2-4-17-11/h1-8H,(H,18,19,20). The summed E-state index contributed by atoms with van der Waals surface area (Å²) in [4.78, 5) is 24.6. The molecular formula is C14H9BrN4OS. The van der Waals surface area contributed by atoms with Crippen LogP contribution < -0.4 is 5.32 Å². The molecule has 0 aliphatic heterocycles. The number of rotatable bonds is 3. The van der Waals surface area contributed by atoms with Gasteiger partial charge in [0.15, 0.2) is 5.13 Å². The normalized spacial score (nSPS) is 10.3. The molecule has 1 N–H and O–H groups in total. The van der Waals surface area contributed by atoms with Crippen molar-refractivity contribution in [3.63, 3.8) is 0 Å². The molecule has 104 valence electrons. The molecule has 0 saturated heterocycles. The summed E-state index contributed by atoms with van der Waals surface area (Å²) < 4.78 is 0.753. The molecule has 3 rings (SSSR count). The fourth-order valence-corrected chi connectivity index (χ4v) is 2.73. The maximum absolute atomic E-state index is 12.1. The summed E-state index contributed by atoms with van der Waals surface area (Å²) in [5.41, 5.74) is 1.99. The van der Waals surface area contributed by atoms with E-state index in [0.29, 0.717) is 10.7 Å². The van der Waals surface area contributed by atoms with Crippen LogP contribution in [-0.4, -0.2) is 20.9 Å². The summed E-state index contributed by atoms with van der Waals surface area (Å²) in [5.74, 6) is -0.245. The first kappa shape index (κ1) is 13.8. The topological polar surface area (TPSA) is 67.8 Å². The van der Waals surface area contributed by atoms with Gasteiger partial charge < -0.3 is 0 Å². The number of hydrogen-bond donors (Lipinski definition) is 1. The predicted octanol–water partition coefficient (Wildman–Crippen LogP) is 3.61. The van der Waals surface area contributed by atoms with E-state index in [-0.39, 0.29) is 5.91 Å². The lowest BCUT2D eigenvalue weighted by Gasteiger charge is -2.01. The van der Waals surface area contributed by atoms with Gasteiger partial charge in [-0.1, -0.05) is 6.07 Å². The zero-order valence-electron chi connectivity index (χ0n) is 10.7. The molecule has 3 heterocycles. The molecule has 5 nitrogen and oxygen atoms in total. The van der Waals surface area contributed by atoms with Crippen molar-refractivity contribution in [3.8, 4) is 11.4 Å². The molecular weight excluding hydrogens is 352 g/mol. The number of hydrogen-bond acceptors (Lipinski definition) is 5. The van der Waals surface area contributed by atoms with Gasteiger partial charge in [0.1, 0.15) is 5.69 Å². The maximum atomic E-state index is 12.1. The van der Waals surface area contributed by atoms with Crippen molar-refractivity contribution in [1.82, 2.24) is 15.0 Å². The molecule has 0 spiro atoms. The Kier molecular flexibility index (Phi) is 4.03. The molecule has 3 aromatic rings. The summed E-state index contributed by atoms with van der Waals surface area (Å²) in [6, 6.07) is 7.32. The number of thiazole rings is 1. The molecule has 0 aliphatic carbocycles. The van der Waals surface area contributed by atoms with Crippen LogP contribution in [0.5, 0.6) is 0 Å². The van der Waals surface area contributed by atoms with E-state index in [2.05, 4.69) is 36.2 Å². The van der Waals surface area contributed by atoms with Gasteiger partial charge in [-0.15, -0.1) is 11.3 Å². The molecule has 0 aromatic carbocycles. The number of nitrogens with one attached hydrogen (secondary N) is 1. The molecule has 0 atom stereocenters. The highest BCUT2D eigenvalue weighted by molar-refractivity contribution is 9.10. The van der Waals surface area contributed by atoms with Crippen molar-refractivity contribution in [2.45, 2.75) is 0 Å². The molecule has 0 unspecified atom stereocenters. The van der Waals surface area contributed by atoms with Gasteiger partial charge >= 0.3 is 0 Å². The lowest BCUT2D eigenvalue weighted by atomic mass is 10.3. The first-order chi connectivity index (χ1) is 10.2. The number of nitrogens with zero attached hydrogens (tertiary/aromatic N) is 3. The van der Waals surface area contributed by atoms with Crippen LogP contribution >= 0.6 is 27.3 Å². The van der Waals surface area contributed by atoms with Crippen LogP contribution in [0, 0.1) is 0 Å². The maximum Gasteiger partial charge on any atom is 0.259 e. The van der Waals surface area contributed by atoms with Gasteiger partial charge in [-0.25, -0.2) is 4.98 Å². The van der Waals surface area contributed by atoms with Crippen LogP contribution in [-0.2, 0) is 0 Å². The van der Waals surface area contributed by atoms with E-state index in [9.17, 15) is 4.79 Å². The average Bonchev–Trinajstić information content (AvgIpc) is 2.97. The molecule has 1 amide bonds. The van der Waals surface area contributed by atoms with Gasteiger partial charge in [0, 0.05) is 28.4 Å². The van der Waals surface area contributed by atoms with Crippen molar-refractivity contribution < 1.29 is 4.79 Å². The second-order valence-electron chi connectivity index (χ2n) is 4.10. The Bertz CT molecular complexity index is 775. The molecule has 0 fully saturated rings. The third-order valence-corrected chi connectivity index (χ3v) is 3.81. The fourth-order valence-electron chi connectivity index (χ4n) is 1.67. The average molecular weight is 361 g/mol. The lowest BCUT2D eigenvalue weighted by molar-refractivity contribution is 0.102. The third-order valence-electron chi connectivity index (χ3n) is 2.62. The van der Waals surface area contributed by atoms with E-state index in [1.807, 2.05) is 23.6 Å². The SMILES string of the molecule is O=C(Nc1nc(-c2ccccn2)cs1)c1cncc(Br)c1. The summed E-state index contributed by atoms with van der Waals surface area (Å²) >= 11 is 4.64. The van der Waals surface area contributed by atoms with Crippen LogP contribution in [0.3, 0.4) is 0 Å². The van der Waals surface area contributed by atoms with Gasteiger partial charge in [0.05, 0.1) is 11.3 Å². The Morgan fingerprint density at radius 2 is 2.14 bits per heavy atom. The number of halogens is 1. The van der Waals surface area contributed by atoms with Crippen LogP contribution in [0.4, 0.5) is 5.13 Å². The minimum Gasteiger partial charge on any atom is -0.298 e. The van der Waals surface area contributed by atoms with E-state index in [0.717, 1.165) is 15.9 Å². The Morgan fingerprint density at radius 3 is 2.90 bits per heavy atom. The first-order valence-electron chi connectivity index (χ1n) is 6.01. The fraction of sp³-hybridized carbons (Fsp3) is 0. The Balaban J connectivity index is 1.77. The molecule has 0 radical (unpaired) electrons. The van der Waals surface area contributed by atoms with Crippen LogP contribution in [0.15, 0.2) is 52.7 Å². The third kappa shape index (κ3) is 3.32. The van der Waals surface area contributed by atoms with Gasteiger partial charge in [-0.3, -0.25) is 20.1 Å². The summed E-state index contributed by atoms with van der Waals surface area (Å²) in [6.45, 7) is 0. The molecule has 7 heteroatoms. The van der Waals surface area contributed by atoms with Gasteiger partial charge in [0.2, 0.25) is 0 Å². The molecule has 0 saturated carbocycles. The minimum atomic E-state index is -0.245. The summed E-state index contributed by atoms with van der Waals surface area (Å²) in [7, 11) is 0.